The summed E-state index contributed by atoms with van der Waals surface area (Å²) in [6.45, 7) is 0. The predicted octanol–water partition coefficient (Wildman–Crippen LogP) is -0.577. The van der Waals surface area contributed by atoms with Crippen molar-refractivity contribution in [3.63, 3.8) is 0 Å². The fourth-order valence-corrected chi connectivity index (χ4v) is 0.764. The van der Waals surface area contributed by atoms with E-state index in [1.54, 1.807) is 0 Å². The Labute approximate surface area is 82.4 Å². The van der Waals surface area contributed by atoms with Crippen molar-refractivity contribution in [2.75, 3.05) is 0 Å². The number of hydrogen-bond donors (Lipinski definition) is 2. The zero-order valence-corrected chi connectivity index (χ0v) is 7.77. The molecule has 0 aliphatic heterocycles. The first-order valence-corrected chi connectivity index (χ1v) is 3.82. The number of hydrogen-bond acceptors (Lipinski definition) is 4. The summed E-state index contributed by atoms with van der Waals surface area (Å²) in [6, 6.07) is 0. The number of nitro groups is 1. The Bertz CT molecular complexity index is 308. The maximum atomic E-state index is 10.4. The number of rotatable bonds is 4. The van der Waals surface area contributed by atoms with E-state index in [0.717, 1.165) is 12.3 Å². The topological polar surface area (TPSA) is 106 Å². The summed E-state index contributed by atoms with van der Waals surface area (Å²) in [5.74, 6) is -1.25. The maximum absolute atomic E-state index is 10.4. The summed E-state index contributed by atoms with van der Waals surface area (Å²) in [5.41, 5.74) is 4.26. The summed E-state index contributed by atoms with van der Waals surface area (Å²) >= 11 is 1.90. The molecule has 0 spiro atoms. The van der Waals surface area contributed by atoms with Crippen LogP contribution in [0.25, 0.3) is 0 Å². The molecule has 0 bridgehead atoms. The number of nitrogens with zero attached hydrogens (tertiary/aromatic N) is 1. The van der Waals surface area contributed by atoms with Crippen molar-refractivity contribution in [3.05, 3.63) is 33.7 Å². The molecule has 0 aromatic rings. The average molecular weight is 221 g/mol. The number of nitrogens with two attached hydrogens (primary N) is 1. The van der Waals surface area contributed by atoms with Crippen molar-refractivity contribution in [2.24, 2.45) is 5.73 Å². The Hall–Kier alpha value is -1.40. The number of aliphatic carboxylic acids is 1. The summed E-state index contributed by atoms with van der Waals surface area (Å²) in [5, 5.41) is 18.7. The quantitative estimate of drug-likeness (QED) is 0.286. The third-order valence-electron chi connectivity index (χ3n) is 1.07. The molecule has 0 aliphatic carbocycles. The summed E-state index contributed by atoms with van der Waals surface area (Å²) < 4.78 is 1.18. The minimum atomic E-state index is -1.25. The second kappa shape index (κ2) is 5.29. The van der Waals surface area contributed by atoms with E-state index in [-0.39, 0.29) is 5.57 Å². The van der Waals surface area contributed by atoms with Gasteiger partial charge >= 0.3 is 81.9 Å². The zero-order valence-electron chi connectivity index (χ0n) is 6.38. The molecule has 0 saturated heterocycles. The Balaban J connectivity index is 4.98. The van der Waals surface area contributed by atoms with Gasteiger partial charge in [-0.2, -0.15) is 0 Å². The van der Waals surface area contributed by atoms with E-state index in [1.165, 1.54) is 4.73 Å². The van der Waals surface area contributed by atoms with Gasteiger partial charge in [-0.1, -0.05) is 0 Å². The van der Waals surface area contributed by atoms with Gasteiger partial charge in [-0.3, -0.25) is 0 Å². The van der Waals surface area contributed by atoms with Crippen LogP contribution >= 0.6 is 0 Å². The van der Waals surface area contributed by atoms with Gasteiger partial charge in [0.15, 0.2) is 0 Å². The van der Waals surface area contributed by atoms with Crippen molar-refractivity contribution in [1.29, 1.82) is 0 Å². The van der Waals surface area contributed by atoms with Crippen LogP contribution in [-0.2, 0) is 21.8 Å². The Kier molecular flexibility index (Phi) is 4.72. The van der Waals surface area contributed by atoms with Gasteiger partial charge in [0.2, 0.25) is 0 Å². The predicted molar refractivity (Wildman–Crippen MR) is 41.0 cm³/mol. The minimum absolute atomic E-state index is 0.201. The summed E-state index contributed by atoms with van der Waals surface area (Å²) in [4.78, 5) is 19.8. The van der Waals surface area contributed by atoms with Gasteiger partial charge in [0.1, 0.15) is 0 Å². The Morgan fingerprint density at radius 2 is 2.15 bits per heavy atom. The van der Waals surface area contributed by atoms with Crippen LogP contribution in [0.4, 0.5) is 0 Å². The molecular weight excluding hydrogens is 215 g/mol. The van der Waals surface area contributed by atoms with E-state index in [2.05, 4.69) is 0 Å². The molecule has 0 aromatic heterocycles. The van der Waals surface area contributed by atoms with Crippen LogP contribution in [0.15, 0.2) is 23.5 Å². The summed E-state index contributed by atoms with van der Waals surface area (Å²) in [6.07, 6.45) is 1.61. The molecule has 6 nitrogen and oxygen atoms in total. The van der Waals surface area contributed by atoms with Crippen molar-refractivity contribution < 1.29 is 31.8 Å². The van der Waals surface area contributed by atoms with Crippen molar-refractivity contribution in [1.82, 2.24) is 0 Å². The van der Waals surface area contributed by atoms with Crippen molar-refractivity contribution >= 4 is 10.7 Å². The molecule has 69 valence electrons. The SMILES string of the molecule is NC=C(/C=C(\[CH]=[V])C(=O)O)[N+](=O)[O-]. The Morgan fingerprint density at radius 3 is 2.38 bits per heavy atom. The first-order valence-electron chi connectivity index (χ1n) is 3.01. The van der Waals surface area contributed by atoms with Gasteiger partial charge in [0.25, 0.3) is 0 Å². The van der Waals surface area contributed by atoms with Gasteiger partial charge < -0.3 is 0 Å². The molecule has 0 heterocycles. The molecule has 0 unspecified atom stereocenters. The molecule has 0 radical (unpaired) electrons. The van der Waals surface area contributed by atoms with Gasteiger partial charge in [0.05, 0.1) is 0 Å². The zero-order chi connectivity index (χ0) is 10.4. The molecule has 0 rings (SSSR count). The molecule has 0 atom stereocenters. The molecular formula is C6H6N2O4V. The van der Waals surface area contributed by atoms with Crippen molar-refractivity contribution in [2.45, 2.75) is 0 Å². The molecule has 0 aliphatic rings. The standard InChI is InChI=1S/C6H6N2O4.V/c1-4(6(9)10)2-5(3-7)8(11)12;/h1-3H,7H2,(H,9,10);/b4-2+,5-3?;. The van der Waals surface area contributed by atoms with E-state index < -0.39 is 16.6 Å². The van der Waals surface area contributed by atoms with Crippen LogP contribution in [0.5, 0.6) is 0 Å². The first kappa shape index (κ1) is 11.6. The first-order chi connectivity index (χ1) is 6.02. The normalized spacial score (nSPS) is 12.2. The van der Waals surface area contributed by atoms with Gasteiger partial charge in [-0.05, 0) is 0 Å². The number of carboxylic acids is 1. The number of allylic oxidation sites excluding steroid dienone is 1. The molecule has 0 aromatic carbocycles. The van der Waals surface area contributed by atoms with E-state index in [0.29, 0.717) is 0 Å². The number of carbonyl (C=O) groups is 1. The van der Waals surface area contributed by atoms with Crippen LogP contribution in [0.3, 0.4) is 0 Å². The van der Waals surface area contributed by atoms with Gasteiger partial charge in [-0.25, -0.2) is 0 Å². The third-order valence-corrected chi connectivity index (χ3v) is 1.51. The number of carboxylic acid groups (broad SMARTS) is 1. The van der Waals surface area contributed by atoms with E-state index in [1.807, 2.05) is 17.0 Å². The van der Waals surface area contributed by atoms with E-state index in [9.17, 15) is 14.9 Å². The molecule has 0 saturated carbocycles. The molecule has 3 N–H and O–H groups in total. The second-order valence-corrected chi connectivity index (χ2v) is 2.29. The van der Waals surface area contributed by atoms with Gasteiger partial charge in [-0.15, -0.1) is 0 Å². The fraction of sp³-hybridized carbons (Fsp3) is 0. The monoisotopic (exact) mass is 221 g/mol. The van der Waals surface area contributed by atoms with Crippen LogP contribution in [-0.4, -0.2) is 20.7 Å². The van der Waals surface area contributed by atoms with Crippen LogP contribution in [0.2, 0.25) is 0 Å². The molecule has 13 heavy (non-hydrogen) atoms. The van der Waals surface area contributed by atoms with Crippen LogP contribution < -0.4 is 5.73 Å². The summed E-state index contributed by atoms with van der Waals surface area (Å²) in [7, 11) is 0. The Morgan fingerprint density at radius 1 is 1.62 bits per heavy atom. The van der Waals surface area contributed by atoms with Crippen LogP contribution in [0.1, 0.15) is 0 Å². The molecule has 7 heteroatoms. The van der Waals surface area contributed by atoms with E-state index >= 15 is 0 Å². The molecule has 0 amide bonds. The third kappa shape index (κ3) is 3.68. The molecule has 0 fully saturated rings. The van der Waals surface area contributed by atoms with Crippen LogP contribution in [0, 0.1) is 10.1 Å². The van der Waals surface area contributed by atoms with Gasteiger partial charge in [0, 0.05) is 0 Å². The average Bonchev–Trinajstić information content (AvgIpc) is 2.05. The fourth-order valence-electron chi connectivity index (χ4n) is 0.475. The van der Waals surface area contributed by atoms with E-state index in [4.69, 9.17) is 10.8 Å². The van der Waals surface area contributed by atoms with Crippen molar-refractivity contribution in [3.8, 4) is 0 Å². The second-order valence-electron chi connectivity index (χ2n) is 1.88.